The third-order valence-corrected chi connectivity index (χ3v) is 2.65. The average molecular weight is 245 g/mol. The SMILES string of the molecule is C=Cc1ccc(C(Cl)(Cl)CC(=O)O)cc1. The molecule has 0 aromatic heterocycles. The van der Waals surface area contributed by atoms with Gasteiger partial charge in [-0.3, -0.25) is 4.79 Å². The Labute approximate surface area is 98.1 Å². The fraction of sp³-hybridized carbons (Fsp3) is 0.182. The van der Waals surface area contributed by atoms with Gasteiger partial charge in [-0.05, 0) is 11.1 Å². The first-order valence-corrected chi connectivity index (χ1v) is 5.04. The van der Waals surface area contributed by atoms with Gasteiger partial charge in [0.05, 0.1) is 6.42 Å². The van der Waals surface area contributed by atoms with Gasteiger partial charge >= 0.3 is 5.97 Å². The van der Waals surface area contributed by atoms with Crippen LogP contribution < -0.4 is 0 Å². The maximum atomic E-state index is 10.5. The third kappa shape index (κ3) is 3.26. The van der Waals surface area contributed by atoms with E-state index in [9.17, 15) is 4.79 Å². The maximum absolute atomic E-state index is 10.5. The Hall–Kier alpha value is -0.990. The molecule has 0 amide bonds. The molecule has 0 heterocycles. The van der Waals surface area contributed by atoms with Gasteiger partial charge in [-0.2, -0.15) is 0 Å². The topological polar surface area (TPSA) is 37.3 Å². The zero-order valence-electron chi connectivity index (χ0n) is 7.91. The second-order valence-electron chi connectivity index (χ2n) is 3.10. The molecule has 0 saturated heterocycles. The minimum Gasteiger partial charge on any atom is -0.481 e. The summed E-state index contributed by atoms with van der Waals surface area (Å²) in [6, 6.07) is 6.95. The van der Waals surface area contributed by atoms with Crippen LogP contribution in [0.15, 0.2) is 30.8 Å². The number of rotatable bonds is 4. The van der Waals surface area contributed by atoms with Gasteiger partial charge in [0.1, 0.15) is 0 Å². The number of hydrogen-bond donors (Lipinski definition) is 1. The Morgan fingerprint density at radius 2 is 1.93 bits per heavy atom. The third-order valence-electron chi connectivity index (χ3n) is 1.94. The Balaban J connectivity index is 2.94. The number of halogens is 2. The van der Waals surface area contributed by atoms with Crippen LogP contribution >= 0.6 is 23.2 Å². The summed E-state index contributed by atoms with van der Waals surface area (Å²) in [5, 5.41) is 8.63. The van der Waals surface area contributed by atoms with Crippen molar-refractivity contribution in [2.75, 3.05) is 0 Å². The molecule has 0 radical (unpaired) electrons. The second-order valence-corrected chi connectivity index (χ2v) is 4.59. The first-order valence-electron chi connectivity index (χ1n) is 4.28. The van der Waals surface area contributed by atoms with Gasteiger partial charge in [0, 0.05) is 0 Å². The molecule has 0 atom stereocenters. The number of carboxylic acid groups (broad SMARTS) is 1. The minimum absolute atomic E-state index is 0.330. The first kappa shape index (κ1) is 12.1. The summed E-state index contributed by atoms with van der Waals surface area (Å²) in [4.78, 5) is 10.5. The van der Waals surface area contributed by atoms with Crippen LogP contribution in [0, 0.1) is 0 Å². The van der Waals surface area contributed by atoms with E-state index < -0.39 is 10.3 Å². The molecule has 0 aliphatic carbocycles. The lowest BCUT2D eigenvalue weighted by molar-refractivity contribution is -0.137. The standard InChI is InChI=1S/C11H10Cl2O2/c1-2-8-3-5-9(6-4-8)11(12,13)7-10(14)15/h2-6H,1,7H2,(H,14,15). The number of carbonyl (C=O) groups is 1. The van der Waals surface area contributed by atoms with Crippen LogP contribution in [-0.2, 0) is 9.13 Å². The molecule has 0 saturated carbocycles. The molecule has 1 aromatic rings. The lowest BCUT2D eigenvalue weighted by Crippen LogP contribution is -2.15. The van der Waals surface area contributed by atoms with Crippen molar-refractivity contribution in [1.29, 1.82) is 0 Å². The van der Waals surface area contributed by atoms with Crippen molar-refractivity contribution in [2.24, 2.45) is 0 Å². The summed E-state index contributed by atoms with van der Waals surface area (Å²) < 4.78 is -1.38. The van der Waals surface area contributed by atoms with Gasteiger partial charge in [0.2, 0.25) is 0 Å². The molecule has 15 heavy (non-hydrogen) atoms. The van der Waals surface area contributed by atoms with Crippen LogP contribution in [0.2, 0.25) is 0 Å². The number of hydrogen-bond acceptors (Lipinski definition) is 1. The molecule has 0 bridgehead atoms. The molecule has 0 unspecified atom stereocenters. The number of alkyl halides is 2. The fourth-order valence-electron chi connectivity index (χ4n) is 1.16. The van der Waals surface area contributed by atoms with E-state index in [1.807, 2.05) is 0 Å². The average Bonchev–Trinajstić information content (AvgIpc) is 2.16. The van der Waals surface area contributed by atoms with Gasteiger partial charge in [-0.15, -0.1) is 0 Å². The van der Waals surface area contributed by atoms with Crippen LogP contribution in [0.4, 0.5) is 0 Å². The predicted molar refractivity (Wildman–Crippen MR) is 62.2 cm³/mol. The van der Waals surface area contributed by atoms with E-state index in [0.717, 1.165) is 5.56 Å². The Morgan fingerprint density at radius 1 is 1.40 bits per heavy atom. The van der Waals surface area contributed by atoms with Crippen molar-refractivity contribution in [3.8, 4) is 0 Å². The molecule has 0 fully saturated rings. The molecule has 1 N–H and O–H groups in total. The Morgan fingerprint density at radius 3 is 2.33 bits per heavy atom. The maximum Gasteiger partial charge on any atom is 0.306 e. The fourth-order valence-corrected chi connectivity index (χ4v) is 1.64. The summed E-state index contributed by atoms with van der Waals surface area (Å²) in [6.07, 6.45) is 1.36. The molecule has 1 rings (SSSR count). The molecular formula is C11H10Cl2O2. The largest absolute Gasteiger partial charge is 0.481 e. The normalized spacial score (nSPS) is 11.1. The van der Waals surface area contributed by atoms with Crippen LogP contribution in [0.5, 0.6) is 0 Å². The van der Waals surface area contributed by atoms with E-state index in [1.54, 1.807) is 30.3 Å². The molecule has 2 nitrogen and oxygen atoms in total. The highest BCUT2D eigenvalue weighted by atomic mass is 35.5. The molecule has 0 aliphatic heterocycles. The highest BCUT2D eigenvalue weighted by Crippen LogP contribution is 2.37. The zero-order chi connectivity index (χ0) is 11.5. The van der Waals surface area contributed by atoms with E-state index >= 15 is 0 Å². The lowest BCUT2D eigenvalue weighted by Gasteiger charge is -2.17. The van der Waals surface area contributed by atoms with Crippen LogP contribution in [0.25, 0.3) is 6.08 Å². The smallest absolute Gasteiger partial charge is 0.306 e. The quantitative estimate of drug-likeness (QED) is 0.825. The molecule has 4 heteroatoms. The van der Waals surface area contributed by atoms with Gasteiger partial charge in [-0.25, -0.2) is 0 Å². The van der Waals surface area contributed by atoms with Crippen LogP contribution in [0.3, 0.4) is 0 Å². The molecule has 80 valence electrons. The summed E-state index contributed by atoms with van der Waals surface area (Å²) >= 11 is 11.8. The monoisotopic (exact) mass is 244 g/mol. The van der Waals surface area contributed by atoms with Crippen molar-refractivity contribution >= 4 is 35.2 Å². The summed E-state index contributed by atoms with van der Waals surface area (Å²) in [7, 11) is 0. The van der Waals surface area contributed by atoms with Crippen molar-refractivity contribution in [1.82, 2.24) is 0 Å². The molecule has 0 spiro atoms. The molecule has 0 aliphatic rings. The van der Waals surface area contributed by atoms with Crippen LogP contribution in [-0.4, -0.2) is 11.1 Å². The van der Waals surface area contributed by atoms with E-state index in [1.165, 1.54) is 0 Å². The Bertz CT molecular complexity index is 369. The van der Waals surface area contributed by atoms with Crippen LogP contribution in [0.1, 0.15) is 17.5 Å². The summed E-state index contributed by atoms with van der Waals surface area (Å²) in [5.41, 5.74) is 1.50. The second kappa shape index (κ2) is 4.69. The summed E-state index contributed by atoms with van der Waals surface area (Å²) in [5.74, 6) is -1.03. The number of benzene rings is 1. The predicted octanol–water partition coefficient (Wildman–Crippen LogP) is 3.43. The van der Waals surface area contributed by atoms with E-state index in [2.05, 4.69) is 6.58 Å². The lowest BCUT2D eigenvalue weighted by atomic mass is 10.1. The van der Waals surface area contributed by atoms with Gasteiger partial charge in [0.25, 0.3) is 0 Å². The highest BCUT2D eigenvalue weighted by Gasteiger charge is 2.29. The molecular weight excluding hydrogens is 235 g/mol. The van der Waals surface area contributed by atoms with E-state index in [4.69, 9.17) is 28.3 Å². The van der Waals surface area contributed by atoms with Crippen molar-refractivity contribution < 1.29 is 9.90 Å². The Kier molecular flexibility index (Phi) is 3.77. The van der Waals surface area contributed by atoms with Gasteiger partial charge in [-0.1, -0.05) is 60.1 Å². The van der Waals surface area contributed by atoms with E-state index in [0.29, 0.717) is 5.56 Å². The van der Waals surface area contributed by atoms with Gasteiger partial charge < -0.3 is 5.11 Å². The minimum atomic E-state index is -1.38. The number of aliphatic carboxylic acids is 1. The highest BCUT2D eigenvalue weighted by molar-refractivity contribution is 6.48. The number of carboxylic acids is 1. The van der Waals surface area contributed by atoms with Crippen molar-refractivity contribution in [3.05, 3.63) is 42.0 Å². The summed E-state index contributed by atoms with van der Waals surface area (Å²) in [6.45, 7) is 3.61. The van der Waals surface area contributed by atoms with Crippen molar-refractivity contribution in [2.45, 2.75) is 10.8 Å². The van der Waals surface area contributed by atoms with E-state index in [-0.39, 0.29) is 6.42 Å². The molecule has 1 aromatic carbocycles. The first-order chi connectivity index (χ1) is 6.95. The van der Waals surface area contributed by atoms with Crippen molar-refractivity contribution in [3.63, 3.8) is 0 Å². The zero-order valence-corrected chi connectivity index (χ0v) is 9.42. The van der Waals surface area contributed by atoms with Gasteiger partial charge in [0.15, 0.2) is 4.33 Å².